The van der Waals surface area contributed by atoms with Crippen LogP contribution in [0.2, 0.25) is 0 Å². The number of nitrogen functional groups attached to an aromatic ring is 1. The number of pyridine rings is 1. The molecular weight excluding hydrogens is 208 g/mol. The standard InChI is InChI=1S/C15H18N2/c1-10(2)12-4-6-13(7-5-12)14-8-9-15(16)17-11(14)3/h4-10H,1-3H3,(H2,16,17). The van der Waals surface area contributed by atoms with Gasteiger partial charge in [0.2, 0.25) is 0 Å². The van der Waals surface area contributed by atoms with E-state index >= 15 is 0 Å². The average molecular weight is 226 g/mol. The zero-order valence-electron chi connectivity index (χ0n) is 10.6. The van der Waals surface area contributed by atoms with Crippen LogP contribution in [-0.2, 0) is 0 Å². The van der Waals surface area contributed by atoms with E-state index in [0.29, 0.717) is 11.7 Å². The minimum atomic E-state index is 0.565. The van der Waals surface area contributed by atoms with E-state index in [0.717, 1.165) is 11.3 Å². The van der Waals surface area contributed by atoms with E-state index in [4.69, 9.17) is 5.73 Å². The van der Waals surface area contributed by atoms with Gasteiger partial charge in [0.1, 0.15) is 5.82 Å². The van der Waals surface area contributed by atoms with Gasteiger partial charge in [-0.15, -0.1) is 0 Å². The summed E-state index contributed by atoms with van der Waals surface area (Å²) in [5, 5.41) is 0. The molecule has 0 amide bonds. The molecule has 0 atom stereocenters. The highest BCUT2D eigenvalue weighted by Crippen LogP contribution is 2.25. The van der Waals surface area contributed by atoms with E-state index in [1.165, 1.54) is 11.1 Å². The van der Waals surface area contributed by atoms with Crippen LogP contribution in [0.15, 0.2) is 36.4 Å². The lowest BCUT2D eigenvalue weighted by atomic mass is 9.98. The largest absolute Gasteiger partial charge is 0.384 e. The Labute approximate surface area is 103 Å². The fourth-order valence-corrected chi connectivity index (χ4v) is 1.93. The summed E-state index contributed by atoms with van der Waals surface area (Å²) >= 11 is 0. The molecule has 17 heavy (non-hydrogen) atoms. The van der Waals surface area contributed by atoms with Crippen LogP contribution in [0, 0.1) is 6.92 Å². The molecule has 0 bridgehead atoms. The quantitative estimate of drug-likeness (QED) is 0.846. The van der Waals surface area contributed by atoms with Gasteiger partial charge >= 0.3 is 0 Å². The van der Waals surface area contributed by atoms with Crippen molar-refractivity contribution < 1.29 is 0 Å². The summed E-state index contributed by atoms with van der Waals surface area (Å²) in [6.07, 6.45) is 0. The smallest absolute Gasteiger partial charge is 0.123 e. The van der Waals surface area contributed by atoms with E-state index in [9.17, 15) is 0 Å². The van der Waals surface area contributed by atoms with Gasteiger partial charge in [0.05, 0.1) is 0 Å². The SMILES string of the molecule is Cc1nc(N)ccc1-c1ccc(C(C)C)cc1. The maximum atomic E-state index is 5.66. The summed E-state index contributed by atoms with van der Waals surface area (Å²) < 4.78 is 0. The van der Waals surface area contributed by atoms with Crippen molar-refractivity contribution in [2.45, 2.75) is 26.7 Å². The minimum absolute atomic E-state index is 0.565. The lowest BCUT2D eigenvalue weighted by molar-refractivity contribution is 0.867. The molecule has 2 nitrogen and oxygen atoms in total. The van der Waals surface area contributed by atoms with E-state index in [1.807, 2.05) is 19.1 Å². The van der Waals surface area contributed by atoms with Crippen LogP contribution < -0.4 is 5.73 Å². The number of nitrogens with two attached hydrogens (primary N) is 1. The number of hydrogen-bond donors (Lipinski definition) is 1. The molecule has 1 heterocycles. The number of aromatic nitrogens is 1. The van der Waals surface area contributed by atoms with Crippen LogP contribution in [0.4, 0.5) is 5.82 Å². The molecule has 0 spiro atoms. The van der Waals surface area contributed by atoms with Crippen LogP contribution in [0.25, 0.3) is 11.1 Å². The van der Waals surface area contributed by atoms with Crippen LogP contribution in [0.1, 0.15) is 31.0 Å². The molecule has 0 aliphatic heterocycles. The van der Waals surface area contributed by atoms with Crippen molar-refractivity contribution in [2.24, 2.45) is 0 Å². The average Bonchev–Trinajstić information content (AvgIpc) is 2.29. The molecule has 0 aliphatic rings. The lowest BCUT2D eigenvalue weighted by Crippen LogP contribution is -1.94. The number of nitrogens with zero attached hydrogens (tertiary/aromatic N) is 1. The highest BCUT2D eigenvalue weighted by atomic mass is 14.8. The predicted octanol–water partition coefficient (Wildman–Crippen LogP) is 3.76. The third kappa shape index (κ3) is 2.47. The maximum absolute atomic E-state index is 5.66. The molecule has 0 saturated carbocycles. The summed E-state index contributed by atoms with van der Waals surface area (Å²) in [4.78, 5) is 4.29. The van der Waals surface area contributed by atoms with Gasteiger partial charge in [-0.2, -0.15) is 0 Å². The number of aryl methyl sites for hydroxylation is 1. The van der Waals surface area contributed by atoms with Crippen LogP contribution in [-0.4, -0.2) is 4.98 Å². The maximum Gasteiger partial charge on any atom is 0.123 e. The summed E-state index contributed by atoms with van der Waals surface area (Å²) in [6, 6.07) is 12.5. The van der Waals surface area contributed by atoms with Crippen LogP contribution in [0.5, 0.6) is 0 Å². The summed E-state index contributed by atoms with van der Waals surface area (Å²) in [6.45, 7) is 6.39. The van der Waals surface area contributed by atoms with Crippen LogP contribution in [0.3, 0.4) is 0 Å². The predicted molar refractivity (Wildman–Crippen MR) is 72.9 cm³/mol. The Hall–Kier alpha value is -1.83. The van der Waals surface area contributed by atoms with Crippen molar-refractivity contribution in [3.63, 3.8) is 0 Å². The molecule has 1 aromatic carbocycles. The topological polar surface area (TPSA) is 38.9 Å². The number of rotatable bonds is 2. The molecular formula is C15H18N2. The fourth-order valence-electron chi connectivity index (χ4n) is 1.93. The third-order valence-electron chi connectivity index (χ3n) is 3.00. The molecule has 2 N–H and O–H groups in total. The highest BCUT2D eigenvalue weighted by molar-refractivity contribution is 5.67. The molecule has 2 aromatic rings. The van der Waals surface area contributed by atoms with Crippen molar-refractivity contribution in [3.05, 3.63) is 47.7 Å². The summed E-state index contributed by atoms with van der Waals surface area (Å²) in [5.74, 6) is 1.14. The summed E-state index contributed by atoms with van der Waals surface area (Å²) in [5.41, 5.74) is 10.3. The second kappa shape index (κ2) is 4.58. The van der Waals surface area contributed by atoms with Gasteiger partial charge in [-0.25, -0.2) is 4.98 Å². The number of hydrogen-bond acceptors (Lipinski definition) is 2. The Morgan fingerprint density at radius 3 is 2.18 bits per heavy atom. The van der Waals surface area contributed by atoms with Crippen molar-refractivity contribution >= 4 is 5.82 Å². The Bertz CT molecular complexity index is 513. The molecule has 0 saturated heterocycles. The van der Waals surface area contributed by atoms with Crippen molar-refractivity contribution in [2.75, 3.05) is 5.73 Å². The molecule has 0 unspecified atom stereocenters. The zero-order chi connectivity index (χ0) is 12.4. The molecule has 2 rings (SSSR count). The third-order valence-corrected chi connectivity index (χ3v) is 3.00. The van der Waals surface area contributed by atoms with E-state index in [1.54, 1.807) is 0 Å². The number of anilines is 1. The van der Waals surface area contributed by atoms with Gasteiger partial charge < -0.3 is 5.73 Å². The van der Waals surface area contributed by atoms with Gasteiger partial charge in [-0.05, 0) is 36.1 Å². The first kappa shape index (κ1) is 11.6. The highest BCUT2D eigenvalue weighted by Gasteiger charge is 2.04. The fraction of sp³-hybridized carbons (Fsp3) is 0.267. The normalized spacial score (nSPS) is 10.8. The van der Waals surface area contributed by atoms with Gasteiger partial charge in [0, 0.05) is 11.3 Å². The Morgan fingerprint density at radius 1 is 1.00 bits per heavy atom. The van der Waals surface area contributed by atoms with Crippen molar-refractivity contribution in [1.29, 1.82) is 0 Å². The van der Waals surface area contributed by atoms with Gasteiger partial charge in [-0.3, -0.25) is 0 Å². The van der Waals surface area contributed by atoms with Crippen LogP contribution >= 0.6 is 0 Å². The Morgan fingerprint density at radius 2 is 1.65 bits per heavy atom. The number of benzene rings is 1. The summed E-state index contributed by atoms with van der Waals surface area (Å²) in [7, 11) is 0. The Balaban J connectivity index is 2.40. The molecule has 0 aliphatic carbocycles. The minimum Gasteiger partial charge on any atom is -0.384 e. The molecule has 2 heteroatoms. The molecule has 88 valence electrons. The van der Waals surface area contributed by atoms with E-state index < -0.39 is 0 Å². The van der Waals surface area contributed by atoms with Crippen molar-refractivity contribution in [1.82, 2.24) is 4.98 Å². The Kier molecular flexibility index (Phi) is 3.14. The second-order valence-electron chi connectivity index (χ2n) is 4.65. The molecule has 1 aromatic heterocycles. The zero-order valence-corrected chi connectivity index (χ0v) is 10.6. The molecule has 0 radical (unpaired) electrons. The first-order valence-electron chi connectivity index (χ1n) is 5.91. The van der Waals surface area contributed by atoms with Gasteiger partial charge in [-0.1, -0.05) is 38.1 Å². The van der Waals surface area contributed by atoms with E-state index in [-0.39, 0.29) is 0 Å². The first-order chi connectivity index (χ1) is 8.08. The van der Waals surface area contributed by atoms with Gasteiger partial charge in [0.15, 0.2) is 0 Å². The van der Waals surface area contributed by atoms with E-state index in [2.05, 4.69) is 43.1 Å². The first-order valence-corrected chi connectivity index (χ1v) is 5.91. The molecule has 0 fully saturated rings. The van der Waals surface area contributed by atoms with Crippen molar-refractivity contribution in [3.8, 4) is 11.1 Å². The monoisotopic (exact) mass is 226 g/mol. The second-order valence-corrected chi connectivity index (χ2v) is 4.65. The van der Waals surface area contributed by atoms with Gasteiger partial charge in [0.25, 0.3) is 0 Å². The lowest BCUT2D eigenvalue weighted by Gasteiger charge is -2.09.